The zero-order chi connectivity index (χ0) is 17.0. The second kappa shape index (κ2) is 7.70. The topological polar surface area (TPSA) is 40.6 Å². The van der Waals surface area contributed by atoms with Crippen LogP contribution in [0, 0.1) is 0 Å². The van der Waals surface area contributed by atoms with Crippen molar-refractivity contribution in [3.8, 4) is 0 Å². The highest BCUT2D eigenvalue weighted by Gasteiger charge is 2.38. The number of likely N-dealkylation sites (N-methyl/N-ethyl adjacent to an activating group) is 2. The Hall–Kier alpha value is -1.72. The minimum absolute atomic E-state index is 0.157. The van der Waals surface area contributed by atoms with E-state index in [-0.39, 0.29) is 17.4 Å². The number of benzene rings is 1. The van der Waals surface area contributed by atoms with Crippen LogP contribution in [0.5, 0.6) is 0 Å². The van der Waals surface area contributed by atoms with Crippen LogP contribution in [0.2, 0.25) is 5.02 Å². The van der Waals surface area contributed by atoms with Crippen LogP contribution in [0.25, 0.3) is 6.08 Å². The van der Waals surface area contributed by atoms with Gasteiger partial charge in [-0.2, -0.15) is 0 Å². The van der Waals surface area contributed by atoms with Gasteiger partial charge in [-0.15, -0.1) is 12.6 Å². The lowest BCUT2D eigenvalue weighted by Gasteiger charge is -2.40. The van der Waals surface area contributed by atoms with Gasteiger partial charge in [-0.3, -0.25) is 9.59 Å². The van der Waals surface area contributed by atoms with Gasteiger partial charge in [0.15, 0.2) is 5.50 Å². The fraction of sp³-hybridized carbons (Fsp3) is 0.294. The summed E-state index contributed by atoms with van der Waals surface area (Å²) in [6.07, 6.45) is 5.09. The molecule has 23 heavy (non-hydrogen) atoms. The van der Waals surface area contributed by atoms with E-state index in [0.717, 1.165) is 5.56 Å². The van der Waals surface area contributed by atoms with Crippen LogP contribution in [0.1, 0.15) is 19.4 Å². The van der Waals surface area contributed by atoms with Crippen molar-refractivity contribution in [1.82, 2.24) is 9.80 Å². The molecule has 0 atom stereocenters. The first-order chi connectivity index (χ1) is 11.0. The number of halogens is 1. The first kappa shape index (κ1) is 17.6. The van der Waals surface area contributed by atoms with Gasteiger partial charge in [0, 0.05) is 18.1 Å². The van der Waals surface area contributed by atoms with E-state index in [4.69, 9.17) is 11.6 Å². The molecule has 2 amide bonds. The third-order valence-electron chi connectivity index (χ3n) is 3.64. The van der Waals surface area contributed by atoms with E-state index in [0.29, 0.717) is 18.1 Å². The molecule has 2 rings (SSSR count). The van der Waals surface area contributed by atoms with Crippen molar-refractivity contribution in [3.05, 3.63) is 52.6 Å². The molecular formula is C17H19ClN2O2S. The lowest BCUT2D eigenvalue weighted by molar-refractivity contribution is -0.145. The summed E-state index contributed by atoms with van der Waals surface area (Å²) < 4.78 is 0. The average molecular weight is 351 g/mol. The van der Waals surface area contributed by atoms with E-state index in [1.807, 2.05) is 32.1 Å². The van der Waals surface area contributed by atoms with Crippen molar-refractivity contribution in [2.24, 2.45) is 0 Å². The molecule has 0 aromatic heterocycles. The van der Waals surface area contributed by atoms with Gasteiger partial charge in [0.2, 0.25) is 0 Å². The van der Waals surface area contributed by atoms with E-state index in [1.165, 1.54) is 0 Å². The highest BCUT2D eigenvalue weighted by molar-refractivity contribution is 7.80. The molecule has 1 aliphatic rings. The minimum Gasteiger partial charge on any atom is -0.309 e. The Morgan fingerprint density at radius 3 is 2.09 bits per heavy atom. The van der Waals surface area contributed by atoms with Crippen LogP contribution in [0.4, 0.5) is 0 Å². The number of allylic oxidation sites excluding steroid dienone is 2. The predicted octanol–water partition coefficient (Wildman–Crippen LogP) is 3.20. The van der Waals surface area contributed by atoms with Crippen molar-refractivity contribution in [1.29, 1.82) is 0 Å². The van der Waals surface area contributed by atoms with Crippen molar-refractivity contribution in [3.63, 3.8) is 0 Å². The molecule has 1 saturated heterocycles. The highest BCUT2D eigenvalue weighted by atomic mass is 35.5. The Bertz CT molecular complexity index is 629. The van der Waals surface area contributed by atoms with E-state index in [1.54, 1.807) is 34.1 Å². The normalized spacial score (nSPS) is 19.0. The molecule has 0 unspecified atom stereocenters. The first-order valence-corrected chi connectivity index (χ1v) is 8.33. The first-order valence-electron chi connectivity index (χ1n) is 7.43. The van der Waals surface area contributed by atoms with Crippen molar-refractivity contribution in [2.75, 3.05) is 13.1 Å². The maximum absolute atomic E-state index is 12.4. The Morgan fingerprint density at radius 2 is 1.61 bits per heavy atom. The van der Waals surface area contributed by atoms with Crippen LogP contribution in [0.3, 0.4) is 0 Å². The smallest absolute Gasteiger partial charge is 0.261 e. The Balaban J connectivity index is 2.26. The molecule has 0 bridgehead atoms. The fourth-order valence-corrected chi connectivity index (χ4v) is 3.03. The molecule has 6 heteroatoms. The highest BCUT2D eigenvalue weighted by Crippen LogP contribution is 2.23. The minimum atomic E-state index is -0.512. The summed E-state index contributed by atoms with van der Waals surface area (Å²) in [6, 6.07) is 7.30. The van der Waals surface area contributed by atoms with Crippen LogP contribution >= 0.6 is 24.2 Å². The second-order valence-corrected chi connectivity index (χ2v) is 5.92. The van der Waals surface area contributed by atoms with Crippen LogP contribution in [-0.2, 0) is 9.59 Å². The fourth-order valence-electron chi connectivity index (χ4n) is 2.36. The number of nitrogens with zero attached hydrogens (tertiary/aromatic N) is 2. The zero-order valence-electron chi connectivity index (χ0n) is 13.1. The van der Waals surface area contributed by atoms with E-state index in [9.17, 15) is 9.59 Å². The number of thiol groups is 1. The van der Waals surface area contributed by atoms with Gasteiger partial charge < -0.3 is 9.80 Å². The summed E-state index contributed by atoms with van der Waals surface area (Å²) in [5.74, 6) is -0.578. The molecule has 0 N–H and O–H groups in total. The SMILES string of the molecule is CCN1C(=O)C(=C/C=C/c2ccc(Cl)cc2)C(=O)N(CC)C1S. The number of carbonyl (C=O) groups is 2. The average Bonchev–Trinajstić information content (AvgIpc) is 2.53. The Kier molecular flexibility index (Phi) is 5.91. The molecule has 1 aliphatic heterocycles. The maximum Gasteiger partial charge on any atom is 0.261 e. The standard InChI is InChI=1S/C17H19ClN2O2S/c1-3-19-15(21)14(16(22)20(4-2)17(19)23)7-5-6-12-8-10-13(18)11-9-12/h5-11,17,23H,3-4H2,1-2H3/b6-5+,14-7?. The van der Waals surface area contributed by atoms with Gasteiger partial charge in [-0.05, 0) is 37.6 Å². The molecule has 1 heterocycles. The number of hydrogen-bond donors (Lipinski definition) is 1. The summed E-state index contributed by atoms with van der Waals surface area (Å²) in [5.41, 5.74) is 0.584. The largest absolute Gasteiger partial charge is 0.309 e. The number of rotatable bonds is 4. The molecule has 0 spiro atoms. The lowest BCUT2D eigenvalue weighted by Crippen LogP contribution is -2.57. The third kappa shape index (κ3) is 3.79. The molecule has 1 fully saturated rings. The van der Waals surface area contributed by atoms with Gasteiger partial charge in [-0.25, -0.2) is 0 Å². The quantitative estimate of drug-likeness (QED) is 0.514. The Morgan fingerprint density at radius 1 is 1.09 bits per heavy atom. The van der Waals surface area contributed by atoms with E-state index >= 15 is 0 Å². The summed E-state index contributed by atoms with van der Waals surface area (Å²) in [5, 5.41) is 0.662. The summed E-state index contributed by atoms with van der Waals surface area (Å²) >= 11 is 10.2. The molecule has 0 saturated carbocycles. The number of carbonyl (C=O) groups excluding carboxylic acids is 2. The maximum atomic E-state index is 12.4. The summed E-state index contributed by atoms with van der Waals surface area (Å²) in [7, 11) is 0. The van der Waals surface area contributed by atoms with E-state index in [2.05, 4.69) is 12.6 Å². The molecule has 122 valence electrons. The van der Waals surface area contributed by atoms with Gasteiger partial charge in [0.25, 0.3) is 11.8 Å². The monoisotopic (exact) mass is 350 g/mol. The van der Waals surface area contributed by atoms with Crippen molar-refractivity contribution >= 4 is 42.1 Å². The summed E-state index contributed by atoms with van der Waals surface area (Å²) in [6.45, 7) is 4.72. The molecular weight excluding hydrogens is 332 g/mol. The van der Waals surface area contributed by atoms with Crippen LogP contribution in [0.15, 0.2) is 42.0 Å². The number of hydrogen-bond acceptors (Lipinski definition) is 3. The van der Waals surface area contributed by atoms with Gasteiger partial charge >= 0.3 is 0 Å². The molecule has 1 aromatic rings. The van der Waals surface area contributed by atoms with Gasteiger partial charge in [0.05, 0.1) is 0 Å². The Labute approximate surface area is 146 Å². The predicted molar refractivity (Wildman–Crippen MR) is 96.1 cm³/mol. The van der Waals surface area contributed by atoms with Gasteiger partial charge in [0.1, 0.15) is 5.57 Å². The van der Waals surface area contributed by atoms with Crippen LogP contribution < -0.4 is 0 Å². The molecule has 0 aliphatic carbocycles. The summed E-state index contributed by atoms with van der Waals surface area (Å²) in [4.78, 5) is 28.0. The number of amides is 2. The molecule has 0 radical (unpaired) electrons. The van der Waals surface area contributed by atoms with Crippen molar-refractivity contribution in [2.45, 2.75) is 19.3 Å². The van der Waals surface area contributed by atoms with Crippen LogP contribution in [-0.4, -0.2) is 40.2 Å². The lowest BCUT2D eigenvalue weighted by atomic mass is 10.1. The molecule has 4 nitrogen and oxygen atoms in total. The van der Waals surface area contributed by atoms with Gasteiger partial charge in [-0.1, -0.05) is 35.9 Å². The van der Waals surface area contributed by atoms with E-state index < -0.39 is 5.50 Å². The second-order valence-electron chi connectivity index (χ2n) is 5.02. The zero-order valence-corrected chi connectivity index (χ0v) is 14.7. The molecule has 1 aromatic carbocycles. The third-order valence-corrected chi connectivity index (χ3v) is 4.45. The van der Waals surface area contributed by atoms with Crippen molar-refractivity contribution < 1.29 is 9.59 Å².